The van der Waals surface area contributed by atoms with Crippen molar-refractivity contribution in [1.29, 1.82) is 0 Å². The SMILES string of the molecule is CCOC1CC(Nc2ccc(N3CCCC3)c(F)c2)C1. The minimum atomic E-state index is -0.113. The molecule has 1 aliphatic carbocycles. The van der Waals surface area contributed by atoms with Crippen LogP contribution in [0, 0.1) is 5.82 Å². The van der Waals surface area contributed by atoms with E-state index in [2.05, 4.69) is 10.2 Å². The molecule has 110 valence electrons. The highest BCUT2D eigenvalue weighted by Gasteiger charge is 2.29. The molecular formula is C16H23FN2O. The van der Waals surface area contributed by atoms with Gasteiger partial charge in [0.25, 0.3) is 0 Å². The van der Waals surface area contributed by atoms with Crippen molar-refractivity contribution in [2.75, 3.05) is 29.9 Å². The van der Waals surface area contributed by atoms with Crippen LogP contribution in [-0.2, 0) is 4.74 Å². The van der Waals surface area contributed by atoms with E-state index in [0.717, 1.165) is 43.9 Å². The lowest BCUT2D eigenvalue weighted by Crippen LogP contribution is -2.40. The van der Waals surface area contributed by atoms with Crippen LogP contribution < -0.4 is 10.2 Å². The second-order valence-corrected chi connectivity index (χ2v) is 5.75. The van der Waals surface area contributed by atoms with Gasteiger partial charge in [0.15, 0.2) is 0 Å². The van der Waals surface area contributed by atoms with Crippen molar-refractivity contribution in [3.05, 3.63) is 24.0 Å². The Morgan fingerprint density at radius 1 is 1.30 bits per heavy atom. The van der Waals surface area contributed by atoms with E-state index in [4.69, 9.17) is 4.74 Å². The zero-order chi connectivity index (χ0) is 13.9. The van der Waals surface area contributed by atoms with E-state index >= 15 is 0 Å². The lowest BCUT2D eigenvalue weighted by Gasteiger charge is -2.36. The number of nitrogens with one attached hydrogen (secondary N) is 1. The van der Waals surface area contributed by atoms with Crippen LogP contribution in [0.15, 0.2) is 18.2 Å². The van der Waals surface area contributed by atoms with Crippen LogP contribution in [0.5, 0.6) is 0 Å². The minimum Gasteiger partial charge on any atom is -0.382 e. The molecule has 1 aromatic rings. The summed E-state index contributed by atoms with van der Waals surface area (Å²) >= 11 is 0. The van der Waals surface area contributed by atoms with E-state index in [-0.39, 0.29) is 5.82 Å². The zero-order valence-electron chi connectivity index (χ0n) is 12.1. The normalized spacial score (nSPS) is 25.6. The van der Waals surface area contributed by atoms with Crippen molar-refractivity contribution in [1.82, 2.24) is 0 Å². The molecule has 1 N–H and O–H groups in total. The van der Waals surface area contributed by atoms with Gasteiger partial charge in [0, 0.05) is 31.4 Å². The molecule has 1 heterocycles. The maximum absolute atomic E-state index is 14.2. The highest BCUT2D eigenvalue weighted by atomic mass is 19.1. The predicted molar refractivity (Wildman–Crippen MR) is 79.9 cm³/mol. The Balaban J connectivity index is 1.57. The van der Waals surface area contributed by atoms with E-state index in [0.29, 0.717) is 12.1 Å². The monoisotopic (exact) mass is 278 g/mol. The summed E-state index contributed by atoms with van der Waals surface area (Å²) in [6.45, 7) is 4.74. The first kappa shape index (κ1) is 13.7. The minimum absolute atomic E-state index is 0.113. The van der Waals surface area contributed by atoms with Gasteiger partial charge in [-0.05, 0) is 50.8 Å². The molecule has 1 saturated heterocycles. The first-order valence-electron chi connectivity index (χ1n) is 7.69. The molecule has 1 saturated carbocycles. The van der Waals surface area contributed by atoms with Crippen molar-refractivity contribution in [2.45, 2.75) is 44.8 Å². The van der Waals surface area contributed by atoms with Crippen molar-refractivity contribution in [3.8, 4) is 0 Å². The fourth-order valence-electron chi connectivity index (χ4n) is 3.10. The fraction of sp³-hybridized carbons (Fsp3) is 0.625. The number of halogens is 1. The summed E-state index contributed by atoms with van der Waals surface area (Å²) in [7, 11) is 0. The molecule has 0 spiro atoms. The Morgan fingerprint density at radius 3 is 2.70 bits per heavy atom. The summed E-state index contributed by atoms with van der Waals surface area (Å²) in [5.41, 5.74) is 1.62. The third-order valence-corrected chi connectivity index (χ3v) is 4.26. The third-order valence-electron chi connectivity index (χ3n) is 4.26. The molecule has 0 unspecified atom stereocenters. The van der Waals surface area contributed by atoms with Crippen LogP contribution in [-0.4, -0.2) is 31.8 Å². The largest absolute Gasteiger partial charge is 0.382 e. The first-order chi connectivity index (χ1) is 9.76. The Bertz CT molecular complexity index is 454. The van der Waals surface area contributed by atoms with E-state index in [1.165, 1.54) is 12.8 Å². The van der Waals surface area contributed by atoms with Crippen LogP contribution in [0.1, 0.15) is 32.6 Å². The van der Waals surface area contributed by atoms with Crippen LogP contribution in [0.25, 0.3) is 0 Å². The van der Waals surface area contributed by atoms with Crippen LogP contribution in [0.3, 0.4) is 0 Å². The van der Waals surface area contributed by atoms with E-state index < -0.39 is 0 Å². The Hall–Kier alpha value is -1.29. The molecule has 0 atom stereocenters. The molecule has 0 radical (unpaired) electrons. The van der Waals surface area contributed by atoms with Crippen molar-refractivity contribution in [3.63, 3.8) is 0 Å². The van der Waals surface area contributed by atoms with Crippen LogP contribution in [0.2, 0.25) is 0 Å². The van der Waals surface area contributed by atoms with Crippen molar-refractivity contribution in [2.24, 2.45) is 0 Å². The van der Waals surface area contributed by atoms with Crippen molar-refractivity contribution >= 4 is 11.4 Å². The average molecular weight is 278 g/mol. The second kappa shape index (κ2) is 6.00. The molecule has 0 bridgehead atoms. The Labute approximate surface area is 120 Å². The standard InChI is InChI=1S/C16H23FN2O/c1-2-20-14-9-13(10-14)18-12-5-6-16(15(17)11-12)19-7-3-4-8-19/h5-6,11,13-14,18H,2-4,7-10H2,1H3. The molecule has 0 amide bonds. The number of hydrogen-bond acceptors (Lipinski definition) is 3. The zero-order valence-corrected chi connectivity index (χ0v) is 12.1. The highest BCUT2D eigenvalue weighted by molar-refractivity contribution is 5.57. The number of benzene rings is 1. The molecule has 2 fully saturated rings. The van der Waals surface area contributed by atoms with Gasteiger partial charge in [0.2, 0.25) is 0 Å². The van der Waals surface area contributed by atoms with Gasteiger partial charge >= 0.3 is 0 Å². The summed E-state index contributed by atoms with van der Waals surface area (Å²) < 4.78 is 19.7. The molecular weight excluding hydrogens is 255 g/mol. The summed E-state index contributed by atoms with van der Waals surface area (Å²) in [6.07, 6.45) is 4.75. The quantitative estimate of drug-likeness (QED) is 0.893. The van der Waals surface area contributed by atoms with Gasteiger partial charge in [-0.15, -0.1) is 0 Å². The number of anilines is 2. The highest BCUT2D eigenvalue weighted by Crippen LogP contribution is 2.30. The maximum atomic E-state index is 14.2. The van der Waals surface area contributed by atoms with Gasteiger partial charge in [0.1, 0.15) is 5.82 Å². The fourth-order valence-corrected chi connectivity index (χ4v) is 3.10. The topological polar surface area (TPSA) is 24.5 Å². The Kier molecular flexibility index (Phi) is 4.10. The smallest absolute Gasteiger partial charge is 0.148 e. The van der Waals surface area contributed by atoms with Crippen LogP contribution in [0.4, 0.5) is 15.8 Å². The number of ether oxygens (including phenoxy) is 1. The van der Waals surface area contributed by atoms with Gasteiger partial charge in [0.05, 0.1) is 11.8 Å². The number of nitrogens with zero attached hydrogens (tertiary/aromatic N) is 1. The summed E-state index contributed by atoms with van der Waals surface area (Å²) in [6, 6.07) is 5.94. The Morgan fingerprint density at radius 2 is 2.05 bits per heavy atom. The molecule has 3 rings (SSSR count). The molecule has 1 aliphatic heterocycles. The molecule has 3 nitrogen and oxygen atoms in total. The maximum Gasteiger partial charge on any atom is 0.148 e. The molecule has 0 aromatic heterocycles. The molecule has 20 heavy (non-hydrogen) atoms. The van der Waals surface area contributed by atoms with Gasteiger partial charge < -0.3 is 15.0 Å². The van der Waals surface area contributed by atoms with E-state index in [9.17, 15) is 4.39 Å². The number of hydrogen-bond donors (Lipinski definition) is 1. The predicted octanol–water partition coefficient (Wildman–Crippen LogP) is 3.41. The summed E-state index contributed by atoms with van der Waals surface area (Å²) in [5.74, 6) is -0.113. The van der Waals surface area contributed by atoms with E-state index in [1.807, 2.05) is 19.1 Å². The van der Waals surface area contributed by atoms with E-state index in [1.54, 1.807) is 6.07 Å². The summed E-state index contributed by atoms with van der Waals surface area (Å²) in [5, 5.41) is 3.39. The summed E-state index contributed by atoms with van der Waals surface area (Å²) in [4.78, 5) is 2.13. The molecule has 2 aliphatic rings. The molecule has 4 heteroatoms. The van der Waals surface area contributed by atoms with Gasteiger partial charge in [-0.3, -0.25) is 0 Å². The van der Waals surface area contributed by atoms with Gasteiger partial charge in [-0.25, -0.2) is 4.39 Å². The molecule has 1 aromatic carbocycles. The van der Waals surface area contributed by atoms with Gasteiger partial charge in [-0.1, -0.05) is 0 Å². The number of rotatable bonds is 5. The van der Waals surface area contributed by atoms with Crippen LogP contribution >= 0.6 is 0 Å². The lowest BCUT2D eigenvalue weighted by molar-refractivity contribution is 0.00299. The van der Waals surface area contributed by atoms with Crippen molar-refractivity contribution < 1.29 is 9.13 Å². The second-order valence-electron chi connectivity index (χ2n) is 5.75. The third kappa shape index (κ3) is 2.90. The first-order valence-corrected chi connectivity index (χ1v) is 7.69. The average Bonchev–Trinajstić information content (AvgIpc) is 2.90. The van der Waals surface area contributed by atoms with Gasteiger partial charge in [-0.2, -0.15) is 0 Å². The lowest BCUT2D eigenvalue weighted by atomic mass is 9.89.